The second kappa shape index (κ2) is 6.55. The van der Waals surface area contributed by atoms with E-state index in [9.17, 15) is 4.79 Å². The Bertz CT molecular complexity index is 796. The number of anilines is 2. The summed E-state index contributed by atoms with van der Waals surface area (Å²) in [5.41, 5.74) is 2.34. The quantitative estimate of drug-likeness (QED) is 0.880. The molecule has 1 heterocycles. The molecule has 1 N–H and O–H groups in total. The Morgan fingerprint density at radius 1 is 1.17 bits per heavy atom. The van der Waals surface area contributed by atoms with Crippen LogP contribution in [0.5, 0.6) is 11.5 Å². The van der Waals surface area contributed by atoms with Crippen molar-refractivity contribution < 1.29 is 14.3 Å². The average Bonchev–Trinajstić information content (AvgIpc) is 2.63. The van der Waals surface area contributed by atoms with Gasteiger partial charge < -0.3 is 14.8 Å². The van der Waals surface area contributed by atoms with Crippen molar-refractivity contribution in [3.8, 4) is 23.8 Å². The van der Waals surface area contributed by atoms with Gasteiger partial charge in [0.2, 0.25) is 0 Å². The van der Waals surface area contributed by atoms with Crippen LogP contribution in [0.25, 0.3) is 0 Å². The Hall–Kier alpha value is -3.13. The lowest BCUT2D eigenvalue weighted by Crippen LogP contribution is -2.42. The predicted octanol–water partition coefficient (Wildman–Crippen LogP) is 2.84. The van der Waals surface area contributed by atoms with E-state index in [1.165, 1.54) is 0 Å². The Morgan fingerprint density at radius 3 is 2.46 bits per heavy atom. The van der Waals surface area contributed by atoms with Crippen LogP contribution in [0.2, 0.25) is 0 Å². The maximum atomic E-state index is 12.9. The molecule has 1 aliphatic rings. The summed E-state index contributed by atoms with van der Waals surface area (Å²) in [5.74, 6) is 3.59. The molecule has 0 saturated carbocycles. The minimum absolute atomic E-state index is 0.0983. The van der Waals surface area contributed by atoms with E-state index in [1.807, 2.05) is 36.4 Å². The number of fused-ring (bicyclic) bond motifs is 1. The van der Waals surface area contributed by atoms with Gasteiger partial charge in [-0.05, 0) is 5.56 Å². The van der Waals surface area contributed by atoms with Crippen LogP contribution in [-0.4, -0.2) is 26.7 Å². The minimum atomic E-state index is -0.495. The first-order valence-corrected chi connectivity index (χ1v) is 7.52. The number of carbonyl (C=O) groups excluding carboxylic acids is 1. The SMILES string of the molecule is C#CCN1C(=O)C(c2ccccc2)Nc2cc(OC)c(OC)cc21. The molecule has 5 nitrogen and oxygen atoms in total. The van der Waals surface area contributed by atoms with Crippen LogP contribution in [0, 0.1) is 12.3 Å². The second-order valence-corrected chi connectivity index (χ2v) is 5.34. The molecule has 3 rings (SSSR count). The monoisotopic (exact) mass is 322 g/mol. The molecule has 2 aromatic rings. The van der Waals surface area contributed by atoms with Gasteiger partial charge in [0, 0.05) is 12.1 Å². The van der Waals surface area contributed by atoms with Crippen LogP contribution in [0.1, 0.15) is 11.6 Å². The number of amides is 1. The van der Waals surface area contributed by atoms with E-state index in [0.717, 1.165) is 11.3 Å². The van der Waals surface area contributed by atoms with Crippen molar-refractivity contribution in [1.82, 2.24) is 0 Å². The van der Waals surface area contributed by atoms with Gasteiger partial charge in [-0.3, -0.25) is 9.69 Å². The Kier molecular flexibility index (Phi) is 4.30. The Labute approximate surface area is 141 Å². The molecule has 0 radical (unpaired) electrons. The van der Waals surface area contributed by atoms with E-state index in [-0.39, 0.29) is 12.5 Å². The van der Waals surface area contributed by atoms with Crippen LogP contribution >= 0.6 is 0 Å². The molecule has 1 aliphatic heterocycles. The molecule has 0 saturated heterocycles. The van der Waals surface area contributed by atoms with Crippen molar-refractivity contribution >= 4 is 17.3 Å². The van der Waals surface area contributed by atoms with Crippen LogP contribution in [0.15, 0.2) is 42.5 Å². The normalized spacial score (nSPS) is 16.0. The molecule has 0 spiro atoms. The molecule has 0 fully saturated rings. The molecular formula is C19H18N2O3. The van der Waals surface area contributed by atoms with Crippen LogP contribution in [-0.2, 0) is 4.79 Å². The van der Waals surface area contributed by atoms with E-state index < -0.39 is 6.04 Å². The minimum Gasteiger partial charge on any atom is -0.493 e. The zero-order valence-corrected chi connectivity index (χ0v) is 13.6. The third kappa shape index (κ3) is 2.63. The van der Waals surface area contributed by atoms with Crippen LogP contribution in [0.3, 0.4) is 0 Å². The van der Waals surface area contributed by atoms with Crippen molar-refractivity contribution in [2.24, 2.45) is 0 Å². The zero-order chi connectivity index (χ0) is 17.1. The van der Waals surface area contributed by atoms with Gasteiger partial charge in [0.05, 0.1) is 32.1 Å². The number of hydrogen-bond donors (Lipinski definition) is 1. The predicted molar refractivity (Wildman–Crippen MR) is 93.5 cm³/mol. The van der Waals surface area contributed by atoms with Crippen molar-refractivity contribution in [2.45, 2.75) is 6.04 Å². The molecule has 1 amide bonds. The maximum Gasteiger partial charge on any atom is 0.255 e. The molecule has 1 unspecified atom stereocenters. The highest BCUT2D eigenvalue weighted by atomic mass is 16.5. The number of nitrogens with zero attached hydrogens (tertiary/aromatic N) is 1. The molecule has 5 heteroatoms. The summed E-state index contributed by atoms with van der Waals surface area (Å²) in [5, 5.41) is 3.28. The van der Waals surface area contributed by atoms with Crippen molar-refractivity contribution in [3.05, 3.63) is 48.0 Å². The smallest absolute Gasteiger partial charge is 0.255 e. The van der Waals surface area contributed by atoms with Crippen LogP contribution in [0.4, 0.5) is 11.4 Å². The summed E-state index contributed by atoms with van der Waals surface area (Å²) in [6.45, 7) is 0.187. The van der Waals surface area contributed by atoms with Gasteiger partial charge in [0.15, 0.2) is 11.5 Å². The standard InChI is InChI=1S/C19H18N2O3/c1-4-10-21-15-12-17(24-3)16(23-2)11-14(15)20-18(19(21)22)13-8-6-5-7-9-13/h1,5-9,11-12,18,20H,10H2,2-3H3. The number of carbonyl (C=O) groups is 1. The van der Waals surface area contributed by atoms with Gasteiger partial charge in [0.1, 0.15) is 6.04 Å². The molecule has 2 aromatic carbocycles. The van der Waals surface area contributed by atoms with Gasteiger partial charge in [-0.15, -0.1) is 6.42 Å². The van der Waals surface area contributed by atoms with E-state index >= 15 is 0 Å². The summed E-state index contributed by atoms with van der Waals surface area (Å²) >= 11 is 0. The number of ether oxygens (including phenoxy) is 2. The van der Waals surface area contributed by atoms with E-state index in [2.05, 4.69) is 11.2 Å². The number of benzene rings is 2. The summed E-state index contributed by atoms with van der Waals surface area (Å²) in [7, 11) is 3.13. The number of terminal acetylenes is 1. The van der Waals surface area contributed by atoms with Crippen LogP contribution < -0.4 is 19.7 Å². The van der Waals surface area contributed by atoms with Crippen molar-refractivity contribution in [3.63, 3.8) is 0 Å². The molecule has 122 valence electrons. The third-order valence-corrected chi connectivity index (χ3v) is 3.99. The van der Waals surface area contributed by atoms with Gasteiger partial charge in [-0.2, -0.15) is 0 Å². The zero-order valence-electron chi connectivity index (χ0n) is 13.6. The highest BCUT2D eigenvalue weighted by Gasteiger charge is 2.34. The maximum absolute atomic E-state index is 12.9. The molecule has 1 atom stereocenters. The molecule has 24 heavy (non-hydrogen) atoms. The summed E-state index contributed by atoms with van der Waals surface area (Å²) in [6, 6.07) is 12.6. The van der Waals surface area contributed by atoms with E-state index in [0.29, 0.717) is 17.2 Å². The number of methoxy groups -OCH3 is 2. The highest BCUT2D eigenvalue weighted by molar-refractivity contribution is 6.06. The average molecular weight is 322 g/mol. The largest absolute Gasteiger partial charge is 0.493 e. The van der Waals surface area contributed by atoms with E-state index in [1.54, 1.807) is 25.2 Å². The summed E-state index contributed by atoms with van der Waals surface area (Å²) in [6.07, 6.45) is 5.47. The molecule has 0 aromatic heterocycles. The molecule has 0 bridgehead atoms. The first-order valence-electron chi connectivity index (χ1n) is 7.52. The topological polar surface area (TPSA) is 50.8 Å². The molecular weight excluding hydrogens is 304 g/mol. The van der Waals surface area contributed by atoms with Gasteiger partial charge in [0.25, 0.3) is 5.91 Å². The first kappa shape index (κ1) is 15.8. The number of nitrogens with one attached hydrogen (secondary N) is 1. The summed E-state index contributed by atoms with van der Waals surface area (Å²) in [4.78, 5) is 14.5. The Morgan fingerprint density at radius 2 is 1.83 bits per heavy atom. The first-order chi connectivity index (χ1) is 11.7. The fourth-order valence-corrected chi connectivity index (χ4v) is 2.82. The third-order valence-electron chi connectivity index (χ3n) is 3.99. The summed E-state index contributed by atoms with van der Waals surface area (Å²) < 4.78 is 10.7. The lowest BCUT2D eigenvalue weighted by Gasteiger charge is -2.35. The lowest BCUT2D eigenvalue weighted by atomic mass is 10.0. The lowest BCUT2D eigenvalue weighted by molar-refractivity contribution is -0.119. The van der Waals surface area contributed by atoms with Crippen molar-refractivity contribution in [2.75, 3.05) is 31.0 Å². The van der Waals surface area contributed by atoms with Gasteiger partial charge in [-0.25, -0.2) is 0 Å². The number of hydrogen-bond acceptors (Lipinski definition) is 4. The van der Waals surface area contributed by atoms with Gasteiger partial charge in [-0.1, -0.05) is 36.3 Å². The second-order valence-electron chi connectivity index (χ2n) is 5.34. The fourth-order valence-electron chi connectivity index (χ4n) is 2.82. The highest BCUT2D eigenvalue weighted by Crippen LogP contribution is 2.43. The fraction of sp³-hybridized carbons (Fsp3) is 0.211. The number of rotatable bonds is 4. The van der Waals surface area contributed by atoms with Crippen molar-refractivity contribution in [1.29, 1.82) is 0 Å². The van der Waals surface area contributed by atoms with Gasteiger partial charge >= 0.3 is 0 Å². The van der Waals surface area contributed by atoms with E-state index in [4.69, 9.17) is 15.9 Å². The molecule has 0 aliphatic carbocycles. The Balaban J connectivity index is 2.11.